The number of aryl methyl sites for hydroxylation is 2. The van der Waals surface area contributed by atoms with Gasteiger partial charge in [-0.2, -0.15) is 0 Å². The quantitative estimate of drug-likeness (QED) is 0.523. The molecule has 0 atom stereocenters. The van der Waals surface area contributed by atoms with Gasteiger partial charge in [-0.3, -0.25) is 0 Å². The van der Waals surface area contributed by atoms with Crippen molar-refractivity contribution in [2.75, 3.05) is 0 Å². The van der Waals surface area contributed by atoms with Gasteiger partial charge in [-0.25, -0.2) is 4.39 Å². The van der Waals surface area contributed by atoms with Crippen LogP contribution >= 0.6 is 11.3 Å². The van der Waals surface area contributed by atoms with E-state index in [1.54, 1.807) is 31.2 Å². The summed E-state index contributed by atoms with van der Waals surface area (Å²) >= 11 is 0.984. The zero-order valence-electron chi connectivity index (χ0n) is 11.1. The first-order chi connectivity index (χ1) is 9.78. The molecule has 0 fully saturated rings. The zero-order chi connectivity index (χ0) is 15.4. The van der Waals surface area contributed by atoms with E-state index in [2.05, 4.69) is 4.74 Å². The normalized spacial score (nSPS) is 12.3. The molecule has 0 N–H and O–H groups in total. The van der Waals surface area contributed by atoms with Crippen LogP contribution in [0.15, 0.2) is 24.3 Å². The number of halogens is 4. The molecular formula is C15H10F4OS. The summed E-state index contributed by atoms with van der Waals surface area (Å²) in [6.45, 7) is 3.16. The van der Waals surface area contributed by atoms with E-state index < -0.39 is 12.2 Å². The molecule has 3 rings (SSSR count). The smallest absolute Gasteiger partial charge is 0.404 e. The van der Waals surface area contributed by atoms with Crippen molar-refractivity contribution in [3.05, 3.63) is 41.2 Å². The average Bonchev–Trinajstić information content (AvgIpc) is 2.76. The molecule has 1 nitrogen and oxygen atoms in total. The lowest BCUT2D eigenvalue weighted by molar-refractivity contribution is -0.274. The third-order valence-electron chi connectivity index (χ3n) is 3.31. The van der Waals surface area contributed by atoms with E-state index in [1.807, 2.05) is 0 Å². The van der Waals surface area contributed by atoms with Crippen molar-refractivity contribution in [2.45, 2.75) is 20.2 Å². The van der Waals surface area contributed by atoms with Crippen LogP contribution in [0, 0.1) is 19.7 Å². The summed E-state index contributed by atoms with van der Waals surface area (Å²) in [5.41, 5.74) is 0.826. The van der Waals surface area contributed by atoms with E-state index in [4.69, 9.17) is 0 Å². The maximum absolute atomic E-state index is 14.2. The fourth-order valence-electron chi connectivity index (χ4n) is 2.29. The maximum atomic E-state index is 14.2. The Morgan fingerprint density at radius 1 is 0.905 bits per heavy atom. The van der Waals surface area contributed by atoms with Crippen LogP contribution < -0.4 is 4.74 Å². The molecule has 0 radical (unpaired) electrons. The molecule has 0 saturated carbocycles. The van der Waals surface area contributed by atoms with Gasteiger partial charge in [0.05, 0.1) is 9.40 Å². The molecule has 0 saturated heterocycles. The Kier molecular flexibility index (Phi) is 3.09. The summed E-state index contributed by atoms with van der Waals surface area (Å²) in [5.74, 6) is -0.650. The van der Waals surface area contributed by atoms with Gasteiger partial charge in [0.2, 0.25) is 0 Å². The highest BCUT2D eigenvalue weighted by molar-refractivity contribution is 7.26. The first-order valence-corrected chi connectivity index (χ1v) is 6.96. The van der Waals surface area contributed by atoms with E-state index in [-0.39, 0.29) is 5.75 Å². The molecule has 110 valence electrons. The Hall–Kier alpha value is -1.82. The fourth-order valence-corrected chi connectivity index (χ4v) is 3.61. The molecule has 0 aliphatic rings. The van der Waals surface area contributed by atoms with Crippen molar-refractivity contribution >= 4 is 31.5 Å². The molecule has 0 amide bonds. The first-order valence-electron chi connectivity index (χ1n) is 6.14. The number of rotatable bonds is 1. The summed E-state index contributed by atoms with van der Waals surface area (Å²) in [7, 11) is 0. The molecule has 0 spiro atoms. The molecule has 0 aliphatic heterocycles. The van der Waals surface area contributed by atoms with Crippen molar-refractivity contribution in [1.82, 2.24) is 0 Å². The lowest BCUT2D eigenvalue weighted by Gasteiger charge is -2.12. The van der Waals surface area contributed by atoms with Crippen LogP contribution in [0.1, 0.15) is 11.1 Å². The lowest BCUT2D eigenvalue weighted by atomic mass is 10.1. The summed E-state index contributed by atoms with van der Waals surface area (Å²) < 4.78 is 56.6. The number of hydrogen-bond donors (Lipinski definition) is 0. The van der Waals surface area contributed by atoms with Crippen molar-refractivity contribution in [2.24, 2.45) is 0 Å². The second kappa shape index (κ2) is 4.59. The molecule has 0 aliphatic carbocycles. The van der Waals surface area contributed by atoms with Crippen LogP contribution in [0.2, 0.25) is 0 Å². The largest absolute Gasteiger partial charge is 0.573 e. The highest BCUT2D eigenvalue weighted by atomic mass is 32.1. The van der Waals surface area contributed by atoms with Crippen LogP contribution in [0.4, 0.5) is 17.6 Å². The van der Waals surface area contributed by atoms with Gasteiger partial charge in [-0.05, 0) is 25.0 Å². The maximum Gasteiger partial charge on any atom is 0.573 e. The molecule has 1 heterocycles. The summed E-state index contributed by atoms with van der Waals surface area (Å²) in [6, 6.07) is 6.59. The number of ether oxygens (including phenoxy) is 1. The Morgan fingerprint density at radius 2 is 1.48 bits per heavy atom. The Bertz CT molecular complexity index is 848. The summed E-state index contributed by atoms with van der Waals surface area (Å²) in [6.07, 6.45) is -4.77. The standard InChI is InChI=1S/C15H10F4OS/c1-7-3-5-9-10-6-4-8(2)12(20-15(17,18)19)14(10)21-13(9)11(7)16/h3-6H,1-2H3. The van der Waals surface area contributed by atoms with Gasteiger partial charge in [0, 0.05) is 10.8 Å². The van der Waals surface area contributed by atoms with Crippen LogP contribution in [-0.4, -0.2) is 6.36 Å². The first kappa shape index (κ1) is 14.1. The highest BCUT2D eigenvalue weighted by Gasteiger charge is 2.33. The number of fused-ring (bicyclic) bond motifs is 3. The fraction of sp³-hybridized carbons (Fsp3) is 0.200. The third-order valence-corrected chi connectivity index (χ3v) is 4.52. The van der Waals surface area contributed by atoms with Crippen LogP contribution in [0.25, 0.3) is 20.2 Å². The van der Waals surface area contributed by atoms with Crippen LogP contribution in [0.5, 0.6) is 5.75 Å². The van der Waals surface area contributed by atoms with Crippen LogP contribution in [0.3, 0.4) is 0 Å². The molecule has 2 aromatic carbocycles. The third kappa shape index (κ3) is 2.33. The van der Waals surface area contributed by atoms with Gasteiger partial charge in [0.15, 0.2) is 0 Å². The second-order valence-corrected chi connectivity index (χ2v) is 5.83. The number of thiophene rings is 1. The van der Waals surface area contributed by atoms with E-state index in [0.717, 1.165) is 11.3 Å². The highest BCUT2D eigenvalue weighted by Crippen LogP contribution is 2.43. The average molecular weight is 314 g/mol. The van der Waals surface area contributed by atoms with Gasteiger partial charge in [0.1, 0.15) is 11.6 Å². The minimum Gasteiger partial charge on any atom is -0.404 e. The zero-order valence-corrected chi connectivity index (χ0v) is 12.0. The predicted molar refractivity (Wildman–Crippen MR) is 75.4 cm³/mol. The van der Waals surface area contributed by atoms with E-state index >= 15 is 0 Å². The summed E-state index contributed by atoms with van der Waals surface area (Å²) in [5, 5.41) is 1.17. The molecular weight excluding hydrogens is 304 g/mol. The topological polar surface area (TPSA) is 9.23 Å². The van der Waals surface area contributed by atoms with Crippen molar-refractivity contribution < 1.29 is 22.3 Å². The van der Waals surface area contributed by atoms with Crippen molar-refractivity contribution in [3.8, 4) is 5.75 Å². The molecule has 0 unspecified atom stereocenters. The minimum atomic E-state index is -4.77. The molecule has 6 heteroatoms. The monoisotopic (exact) mass is 314 g/mol. The predicted octanol–water partition coefficient (Wildman–Crippen LogP) is 5.71. The Balaban J connectivity index is 2.38. The van der Waals surface area contributed by atoms with Gasteiger partial charge in [0.25, 0.3) is 0 Å². The second-order valence-electron chi connectivity index (χ2n) is 4.81. The van der Waals surface area contributed by atoms with Gasteiger partial charge < -0.3 is 4.74 Å². The van der Waals surface area contributed by atoms with E-state index in [0.29, 0.717) is 31.3 Å². The molecule has 1 aromatic heterocycles. The van der Waals surface area contributed by atoms with Crippen molar-refractivity contribution in [1.29, 1.82) is 0 Å². The Labute approximate surface area is 121 Å². The van der Waals surface area contributed by atoms with Crippen LogP contribution in [-0.2, 0) is 0 Å². The lowest BCUT2D eigenvalue weighted by Crippen LogP contribution is -2.17. The SMILES string of the molecule is Cc1ccc2c(sc3c(OC(F)(F)F)c(C)ccc32)c1F. The Morgan fingerprint density at radius 3 is 2.10 bits per heavy atom. The van der Waals surface area contributed by atoms with Gasteiger partial charge in [-0.1, -0.05) is 24.3 Å². The van der Waals surface area contributed by atoms with Gasteiger partial charge >= 0.3 is 6.36 Å². The number of hydrogen-bond acceptors (Lipinski definition) is 2. The van der Waals surface area contributed by atoms with Crippen molar-refractivity contribution in [3.63, 3.8) is 0 Å². The van der Waals surface area contributed by atoms with Gasteiger partial charge in [-0.15, -0.1) is 24.5 Å². The minimum absolute atomic E-state index is 0.252. The van der Waals surface area contributed by atoms with E-state index in [1.165, 1.54) is 6.92 Å². The number of alkyl halides is 3. The molecule has 0 bridgehead atoms. The summed E-state index contributed by atoms with van der Waals surface area (Å²) in [4.78, 5) is 0. The molecule has 3 aromatic rings. The molecule has 21 heavy (non-hydrogen) atoms. The van der Waals surface area contributed by atoms with E-state index in [9.17, 15) is 17.6 Å². The number of benzene rings is 2.